The van der Waals surface area contributed by atoms with E-state index in [1.165, 1.54) is 12.1 Å². The van der Waals surface area contributed by atoms with Crippen molar-refractivity contribution in [3.05, 3.63) is 24.3 Å². The van der Waals surface area contributed by atoms with Crippen LogP contribution < -0.4 is 11.2 Å². The van der Waals surface area contributed by atoms with Gasteiger partial charge in [0.1, 0.15) is 11.5 Å². The zero-order valence-electron chi connectivity index (χ0n) is 8.25. The van der Waals surface area contributed by atoms with Crippen molar-refractivity contribution in [2.24, 2.45) is 21.1 Å². The molecule has 16 heavy (non-hydrogen) atoms. The molecule has 0 fully saturated rings. The molecule has 0 saturated heterocycles. The zero-order valence-corrected chi connectivity index (χ0v) is 8.25. The van der Waals surface area contributed by atoms with E-state index in [1.54, 1.807) is 12.1 Å². The lowest BCUT2D eigenvalue weighted by atomic mass is 10.3. The van der Waals surface area contributed by atoms with Gasteiger partial charge in [0.05, 0.1) is 5.69 Å². The molecule has 1 aliphatic heterocycles. The lowest BCUT2D eigenvalue weighted by Gasteiger charge is -2.03. The van der Waals surface area contributed by atoms with Gasteiger partial charge in [0, 0.05) is 0 Å². The Kier molecular flexibility index (Phi) is 2.61. The molecule has 0 unspecified atom stereocenters. The average molecular weight is 218 g/mol. The van der Waals surface area contributed by atoms with E-state index in [2.05, 4.69) is 20.8 Å². The first kappa shape index (κ1) is 10.2. The Morgan fingerprint density at radius 2 is 2.06 bits per heavy atom. The van der Waals surface area contributed by atoms with E-state index in [9.17, 15) is 0 Å². The number of amidine groups is 1. The summed E-state index contributed by atoms with van der Waals surface area (Å²) in [5.74, 6) is 0.132. The number of nitrogens with one attached hydrogen (secondary N) is 2. The van der Waals surface area contributed by atoms with Crippen LogP contribution in [0.3, 0.4) is 0 Å². The Hall–Kier alpha value is -2.28. The minimum Gasteiger partial charge on any atom is -0.508 e. The Balaban J connectivity index is 2.09. The number of azo groups is 1. The molecule has 1 aliphatic rings. The quantitative estimate of drug-likeness (QED) is 0.435. The minimum absolute atomic E-state index is 0.0428. The molecule has 0 bridgehead atoms. The van der Waals surface area contributed by atoms with E-state index in [0.29, 0.717) is 5.69 Å². The summed E-state index contributed by atoms with van der Waals surface area (Å²) in [6.45, 7) is 0. The van der Waals surface area contributed by atoms with Crippen LogP contribution in [0.4, 0.5) is 5.69 Å². The maximum absolute atomic E-state index is 9.07. The molecule has 0 amide bonds. The fourth-order valence-electron chi connectivity index (χ4n) is 1.15. The standard InChI is InChI=1S/C9H10N6O/c10-8-7(9(11)15-14-8)13-12-5-1-3-6(16)4-2-5/h1-4,8,11-12,16H,10H2/t8-/m1/s1. The molecule has 2 rings (SSSR count). The summed E-state index contributed by atoms with van der Waals surface area (Å²) in [6.07, 6.45) is -0.683. The second-order valence-electron chi connectivity index (χ2n) is 3.16. The normalized spacial score (nSPS) is 21.7. The fourth-order valence-corrected chi connectivity index (χ4v) is 1.15. The molecule has 82 valence electrons. The smallest absolute Gasteiger partial charge is 0.194 e. The van der Waals surface area contributed by atoms with Crippen LogP contribution in [-0.2, 0) is 0 Å². The molecule has 0 spiro atoms. The third-order valence-electron chi connectivity index (χ3n) is 1.98. The van der Waals surface area contributed by atoms with E-state index in [4.69, 9.17) is 16.2 Å². The number of hydrogen-bond acceptors (Lipinski definition) is 6. The molecular formula is C9H10N6O. The van der Waals surface area contributed by atoms with Gasteiger partial charge in [-0.1, -0.05) is 0 Å². The third-order valence-corrected chi connectivity index (χ3v) is 1.98. The van der Waals surface area contributed by atoms with Gasteiger partial charge in [0.15, 0.2) is 12.0 Å². The van der Waals surface area contributed by atoms with E-state index < -0.39 is 6.17 Å². The zero-order chi connectivity index (χ0) is 11.5. The number of benzene rings is 1. The summed E-state index contributed by atoms with van der Waals surface area (Å²) in [4.78, 5) is 0. The van der Waals surface area contributed by atoms with Crippen LogP contribution in [0.25, 0.3) is 0 Å². The maximum Gasteiger partial charge on any atom is 0.194 e. The molecule has 1 aromatic carbocycles. The molecule has 0 aromatic heterocycles. The van der Waals surface area contributed by atoms with E-state index in [1.807, 2.05) is 0 Å². The first-order chi connectivity index (χ1) is 7.66. The minimum atomic E-state index is -0.683. The van der Waals surface area contributed by atoms with Gasteiger partial charge in [-0.3, -0.25) is 10.8 Å². The van der Waals surface area contributed by atoms with Crippen molar-refractivity contribution in [3.63, 3.8) is 0 Å². The fraction of sp³-hybridized carbons (Fsp3) is 0.111. The summed E-state index contributed by atoms with van der Waals surface area (Å²) in [6, 6.07) is 6.35. The Morgan fingerprint density at radius 3 is 2.62 bits per heavy atom. The van der Waals surface area contributed by atoms with Gasteiger partial charge in [-0.15, -0.1) is 5.11 Å². The van der Waals surface area contributed by atoms with Crippen LogP contribution in [0, 0.1) is 5.41 Å². The van der Waals surface area contributed by atoms with Gasteiger partial charge < -0.3 is 10.8 Å². The van der Waals surface area contributed by atoms with Crippen molar-refractivity contribution in [2.75, 3.05) is 5.43 Å². The highest BCUT2D eigenvalue weighted by Crippen LogP contribution is 2.14. The Morgan fingerprint density at radius 1 is 1.38 bits per heavy atom. The van der Waals surface area contributed by atoms with Crippen LogP contribution in [0.15, 0.2) is 39.6 Å². The summed E-state index contributed by atoms with van der Waals surface area (Å²) < 4.78 is 0. The average Bonchev–Trinajstić information content (AvgIpc) is 2.59. The monoisotopic (exact) mass is 218 g/mol. The van der Waals surface area contributed by atoms with E-state index in [0.717, 1.165) is 0 Å². The summed E-state index contributed by atoms with van der Waals surface area (Å²) in [5.41, 5.74) is 9.22. The predicted molar refractivity (Wildman–Crippen MR) is 59.7 cm³/mol. The van der Waals surface area contributed by atoms with E-state index in [-0.39, 0.29) is 17.3 Å². The lowest BCUT2D eigenvalue weighted by Crippen LogP contribution is -2.29. The number of nitrogens with zero attached hydrogens (tertiary/aromatic N) is 3. The molecular weight excluding hydrogens is 208 g/mol. The van der Waals surface area contributed by atoms with Crippen LogP contribution in [0.1, 0.15) is 0 Å². The molecule has 0 saturated carbocycles. The number of phenolic OH excluding ortho intramolecular Hbond substituents is 1. The Bertz CT molecular complexity index is 463. The van der Waals surface area contributed by atoms with Gasteiger partial charge in [-0.25, -0.2) is 0 Å². The molecule has 7 nitrogen and oxygen atoms in total. The first-order valence-electron chi connectivity index (χ1n) is 4.55. The number of nitrogens with two attached hydrogens (primary N) is 1. The van der Waals surface area contributed by atoms with Crippen LogP contribution in [0.2, 0.25) is 0 Å². The maximum atomic E-state index is 9.07. The molecule has 5 N–H and O–H groups in total. The topological polar surface area (TPSA) is 119 Å². The highest BCUT2D eigenvalue weighted by Gasteiger charge is 2.21. The SMILES string of the molecule is N=C1N=N[C@@H](N)C1=NNc1ccc(O)cc1. The second kappa shape index (κ2) is 4.07. The van der Waals surface area contributed by atoms with Crippen molar-refractivity contribution >= 4 is 17.2 Å². The summed E-state index contributed by atoms with van der Waals surface area (Å²) in [7, 11) is 0. The number of hydrazone groups is 1. The number of anilines is 1. The predicted octanol–water partition coefficient (Wildman–Crippen LogP) is 0.888. The summed E-state index contributed by atoms with van der Waals surface area (Å²) in [5, 5.41) is 27.5. The molecule has 0 radical (unpaired) electrons. The van der Waals surface area contributed by atoms with Crippen LogP contribution >= 0.6 is 0 Å². The van der Waals surface area contributed by atoms with Crippen molar-refractivity contribution in [2.45, 2.75) is 6.17 Å². The molecule has 7 heteroatoms. The van der Waals surface area contributed by atoms with Crippen molar-refractivity contribution < 1.29 is 5.11 Å². The highest BCUT2D eigenvalue weighted by atomic mass is 16.3. The van der Waals surface area contributed by atoms with Gasteiger partial charge >= 0.3 is 0 Å². The molecule has 1 aromatic rings. The van der Waals surface area contributed by atoms with Gasteiger partial charge in [0.2, 0.25) is 0 Å². The van der Waals surface area contributed by atoms with Gasteiger partial charge in [-0.2, -0.15) is 10.2 Å². The van der Waals surface area contributed by atoms with Gasteiger partial charge in [0.25, 0.3) is 0 Å². The second-order valence-corrected chi connectivity index (χ2v) is 3.16. The molecule has 1 heterocycles. The van der Waals surface area contributed by atoms with E-state index >= 15 is 0 Å². The first-order valence-corrected chi connectivity index (χ1v) is 4.55. The highest BCUT2D eigenvalue weighted by molar-refractivity contribution is 6.43. The Labute approximate surface area is 91.2 Å². The van der Waals surface area contributed by atoms with Gasteiger partial charge in [-0.05, 0) is 24.3 Å². The summed E-state index contributed by atoms with van der Waals surface area (Å²) >= 11 is 0. The third kappa shape index (κ3) is 2.04. The van der Waals surface area contributed by atoms with Crippen molar-refractivity contribution in [1.82, 2.24) is 0 Å². The number of hydrogen-bond donors (Lipinski definition) is 4. The molecule has 0 aliphatic carbocycles. The van der Waals surface area contributed by atoms with Crippen molar-refractivity contribution in [3.8, 4) is 5.75 Å². The number of phenols is 1. The number of rotatable bonds is 2. The lowest BCUT2D eigenvalue weighted by molar-refractivity contribution is 0.475. The van der Waals surface area contributed by atoms with Crippen LogP contribution in [0.5, 0.6) is 5.75 Å². The largest absolute Gasteiger partial charge is 0.508 e. The molecule has 1 atom stereocenters. The number of aromatic hydroxyl groups is 1. The van der Waals surface area contributed by atoms with Crippen molar-refractivity contribution in [1.29, 1.82) is 5.41 Å². The van der Waals surface area contributed by atoms with Crippen LogP contribution in [-0.4, -0.2) is 22.8 Å².